The Morgan fingerprint density at radius 2 is 1.73 bits per heavy atom. The lowest BCUT2D eigenvalue weighted by molar-refractivity contribution is 0.0734. The van der Waals surface area contributed by atoms with Crippen LogP contribution in [-0.2, 0) is 0 Å². The Kier molecular flexibility index (Phi) is 6.31. The van der Waals surface area contributed by atoms with Crippen molar-refractivity contribution in [3.8, 4) is 28.7 Å². The zero-order valence-corrected chi connectivity index (χ0v) is 18.4. The van der Waals surface area contributed by atoms with Crippen molar-refractivity contribution in [1.29, 1.82) is 0 Å². The van der Waals surface area contributed by atoms with Crippen molar-refractivity contribution in [2.75, 3.05) is 20.8 Å². The molecule has 0 amide bonds. The van der Waals surface area contributed by atoms with Gasteiger partial charge in [-0.25, -0.2) is 4.79 Å². The van der Waals surface area contributed by atoms with E-state index in [1.54, 1.807) is 30.3 Å². The molecule has 3 aromatic rings. The average molecular weight is 446 g/mol. The van der Waals surface area contributed by atoms with Crippen LogP contribution in [0.25, 0.3) is 6.08 Å². The van der Waals surface area contributed by atoms with Crippen LogP contribution in [0.4, 0.5) is 0 Å². The van der Waals surface area contributed by atoms with Crippen molar-refractivity contribution < 1.29 is 33.3 Å². The molecule has 3 aromatic carbocycles. The van der Waals surface area contributed by atoms with Crippen LogP contribution in [0.3, 0.4) is 0 Å². The highest BCUT2D eigenvalue weighted by atomic mass is 16.5. The Labute approximate surface area is 191 Å². The zero-order valence-electron chi connectivity index (χ0n) is 18.4. The van der Waals surface area contributed by atoms with Gasteiger partial charge in [-0.3, -0.25) is 4.79 Å². The molecule has 4 rings (SSSR count). The number of carbonyl (C=O) groups excluding carboxylic acids is 2. The number of ketones is 1. The van der Waals surface area contributed by atoms with E-state index >= 15 is 0 Å². The Bertz CT molecular complexity index is 1240. The molecule has 0 saturated carbocycles. The molecule has 1 aliphatic heterocycles. The fourth-order valence-corrected chi connectivity index (χ4v) is 3.39. The number of methoxy groups -OCH3 is 2. The van der Waals surface area contributed by atoms with Gasteiger partial charge in [-0.1, -0.05) is 18.2 Å². The molecule has 33 heavy (non-hydrogen) atoms. The summed E-state index contributed by atoms with van der Waals surface area (Å²) in [4.78, 5) is 25.4. The van der Waals surface area contributed by atoms with Crippen LogP contribution in [0.1, 0.15) is 33.2 Å². The monoisotopic (exact) mass is 446 g/mol. The molecule has 7 heteroatoms. The molecule has 0 unspecified atom stereocenters. The minimum Gasteiger partial charge on any atom is -0.493 e. The maximum atomic E-state index is 12.8. The molecule has 0 aliphatic carbocycles. The van der Waals surface area contributed by atoms with Gasteiger partial charge in [0.05, 0.1) is 32.0 Å². The highest BCUT2D eigenvalue weighted by Gasteiger charge is 2.28. The van der Waals surface area contributed by atoms with Gasteiger partial charge < -0.3 is 23.7 Å². The van der Waals surface area contributed by atoms with Crippen molar-refractivity contribution in [1.82, 2.24) is 0 Å². The first-order valence-electron chi connectivity index (χ1n) is 10.3. The third-order valence-electron chi connectivity index (χ3n) is 4.98. The van der Waals surface area contributed by atoms with E-state index in [4.69, 9.17) is 23.7 Å². The van der Waals surface area contributed by atoms with E-state index < -0.39 is 5.97 Å². The first-order chi connectivity index (χ1) is 16.0. The molecule has 1 aliphatic rings. The van der Waals surface area contributed by atoms with Crippen LogP contribution in [0.15, 0.2) is 66.4 Å². The number of ether oxygens (including phenoxy) is 5. The fraction of sp³-hybridized carbons (Fsp3) is 0.154. The first-order valence-corrected chi connectivity index (χ1v) is 10.3. The lowest BCUT2D eigenvalue weighted by Gasteiger charge is -2.10. The van der Waals surface area contributed by atoms with Crippen LogP contribution in [0.5, 0.6) is 28.7 Å². The third-order valence-corrected chi connectivity index (χ3v) is 4.98. The van der Waals surface area contributed by atoms with Gasteiger partial charge >= 0.3 is 5.97 Å². The molecular formula is C26H22O7. The summed E-state index contributed by atoms with van der Waals surface area (Å²) in [6, 6.07) is 16.8. The lowest BCUT2D eigenvalue weighted by Crippen LogP contribution is -2.09. The maximum Gasteiger partial charge on any atom is 0.343 e. The quantitative estimate of drug-likeness (QED) is 0.289. The number of hydrogen-bond acceptors (Lipinski definition) is 7. The molecule has 0 fully saturated rings. The van der Waals surface area contributed by atoms with Crippen molar-refractivity contribution >= 4 is 17.8 Å². The highest BCUT2D eigenvalue weighted by molar-refractivity contribution is 6.14. The Hall–Kier alpha value is -4.26. The van der Waals surface area contributed by atoms with Crippen molar-refractivity contribution in [3.05, 3.63) is 83.1 Å². The van der Waals surface area contributed by atoms with E-state index in [0.29, 0.717) is 40.7 Å². The molecule has 0 spiro atoms. The standard InChI is InChI=1S/C26H22O7/c1-4-31-20-8-6-5-7-16(20)13-24-25(27)19-11-10-18(15-22(19)33-24)32-26(28)17-9-12-21(29-2)23(14-17)30-3/h5-15H,4H2,1-3H3/b24-13-. The van der Waals surface area contributed by atoms with Gasteiger partial charge in [0.2, 0.25) is 5.78 Å². The Morgan fingerprint density at radius 3 is 2.48 bits per heavy atom. The Morgan fingerprint density at radius 1 is 0.939 bits per heavy atom. The first kappa shape index (κ1) is 22.0. The van der Waals surface area contributed by atoms with E-state index in [-0.39, 0.29) is 17.3 Å². The van der Waals surface area contributed by atoms with Gasteiger partial charge in [0, 0.05) is 11.6 Å². The van der Waals surface area contributed by atoms with Crippen LogP contribution >= 0.6 is 0 Å². The van der Waals surface area contributed by atoms with Gasteiger partial charge in [0.1, 0.15) is 17.2 Å². The molecule has 0 bridgehead atoms. The number of allylic oxidation sites excluding steroid dienone is 1. The second kappa shape index (κ2) is 9.48. The van der Waals surface area contributed by atoms with Gasteiger partial charge in [0.15, 0.2) is 17.3 Å². The maximum absolute atomic E-state index is 12.8. The number of Topliss-reactive ketones (excluding diaryl/α,β-unsaturated/α-hetero) is 1. The van der Waals surface area contributed by atoms with Crippen molar-refractivity contribution in [2.45, 2.75) is 6.92 Å². The molecule has 0 radical (unpaired) electrons. The summed E-state index contributed by atoms with van der Waals surface area (Å²) >= 11 is 0. The van der Waals surface area contributed by atoms with E-state index in [9.17, 15) is 9.59 Å². The summed E-state index contributed by atoms with van der Waals surface area (Å²) in [5.74, 6) is 1.47. The van der Waals surface area contributed by atoms with Crippen LogP contribution < -0.4 is 23.7 Å². The third kappa shape index (κ3) is 4.52. The molecular weight excluding hydrogens is 424 g/mol. The minimum atomic E-state index is -0.582. The normalized spacial score (nSPS) is 13.3. The highest BCUT2D eigenvalue weighted by Crippen LogP contribution is 2.36. The van der Waals surface area contributed by atoms with E-state index in [1.807, 2.05) is 31.2 Å². The smallest absolute Gasteiger partial charge is 0.343 e. The second-order valence-corrected chi connectivity index (χ2v) is 7.03. The minimum absolute atomic E-state index is 0.167. The number of para-hydroxylation sites is 1. The summed E-state index contributed by atoms with van der Waals surface area (Å²) in [6.45, 7) is 2.39. The average Bonchev–Trinajstić information content (AvgIpc) is 3.14. The van der Waals surface area contributed by atoms with Gasteiger partial charge in [-0.15, -0.1) is 0 Å². The molecule has 0 saturated heterocycles. The van der Waals surface area contributed by atoms with Crippen molar-refractivity contribution in [2.24, 2.45) is 0 Å². The van der Waals surface area contributed by atoms with Crippen LogP contribution in [0.2, 0.25) is 0 Å². The number of esters is 1. The van der Waals surface area contributed by atoms with E-state index in [0.717, 1.165) is 5.56 Å². The van der Waals surface area contributed by atoms with Crippen LogP contribution in [0, 0.1) is 0 Å². The SMILES string of the molecule is CCOc1ccccc1/C=C1\Oc2cc(OC(=O)c3ccc(OC)c(OC)c3)ccc2C1=O. The zero-order chi connectivity index (χ0) is 23.4. The second-order valence-electron chi connectivity index (χ2n) is 7.03. The number of benzene rings is 3. The van der Waals surface area contributed by atoms with Gasteiger partial charge in [-0.2, -0.15) is 0 Å². The van der Waals surface area contributed by atoms with E-state index in [2.05, 4.69) is 0 Å². The van der Waals surface area contributed by atoms with Gasteiger partial charge in [0.25, 0.3) is 0 Å². The molecule has 0 atom stereocenters. The topological polar surface area (TPSA) is 80.3 Å². The molecule has 168 valence electrons. The predicted molar refractivity (Wildman–Crippen MR) is 121 cm³/mol. The fourth-order valence-electron chi connectivity index (χ4n) is 3.39. The summed E-state index contributed by atoms with van der Waals surface area (Å²) in [7, 11) is 3.00. The summed E-state index contributed by atoms with van der Waals surface area (Å²) in [5.41, 5.74) is 1.41. The van der Waals surface area contributed by atoms with E-state index in [1.165, 1.54) is 26.4 Å². The predicted octanol–water partition coefficient (Wildman–Crippen LogP) is 4.94. The molecule has 7 nitrogen and oxygen atoms in total. The van der Waals surface area contributed by atoms with Crippen LogP contribution in [-0.4, -0.2) is 32.6 Å². The molecule has 0 aromatic heterocycles. The summed E-state index contributed by atoms with van der Waals surface area (Å²) < 4.78 is 27.3. The summed E-state index contributed by atoms with van der Waals surface area (Å²) in [6.07, 6.45) is 1.64. The number of hydrogen-bond donors (Lipinski definition) is 0. The Balaban J connectivity index is 1.54. The summed E-state index contributed by atoms with van der Waals surface area (Å²) in [5, 5.41) is 0. The largest absolute Gasteiger partial charge is 0.493 e. The number of fused-ring (bicyclic) bond motifs is 1. The molecule has 0 N–H and O–H groups in total. The lowest BCUT2D eigenvalue weighted by atomic mass is 10.1. The molecule has 1 heterocycles. The van der Waals surface area contributed by atoms with Gasteiger partial charge in [-0.05, 0) is 49.4 Å². The number of rotatable bonds is 7. The van der Waals surface area contributed by atoms with Crippen molar-refractivity contribution in [3.63, 3.8) is 0 Å². The number of carbonyl (C=O) groups is 2.